The molecule has 1 saturated heterocycles. The van der Waals surface area contributed by atoms with Gasteiger partial charge in [0.05, 0.1) is 28.4 Å². The zero-order valence-electron chi connectivity index (χ0n) is 17.9. The number of halogens is 3. The van der Waals surface area contributed by atoms with E-state index in [1.807, 2.05) is 57.8 Å². The minimum Gasteiger partial charge on any atom is -0.311 e. The first-order valence-electron chi connectivity index (χ1n) is 9.76. The first-order chi connectivity index (χ1) is 15.1. The Hall–Kier alpha value is -2.04. The number of nitrogens with zero attached hydrogens (tertiary/aromatic N) is 3. The summed E-state index contributed by atoms with van der Waals surface area (Å²) in [7, 11) is 0. The number of nitrogens with one attached hydrogen (secondary N) is 1. The third-order valence-electron chi connectivity index (χ3n) is 5.22. The Morgan fingerprint density at radius 1 is 1.03 bits per heavy atom. The normalized spacial score (nSPS) is 20.4. The summed E-state index contributed by atoms with van der Waals surface area (Å²) in [5.41, 5.74) is -2.75. The minimum atomic E-state index is -4.74. The van der Waals surface area contributed by atoms with Crippen molar-refractivity contribution < 1.29 is 35.0 Å². The Morgan fingerprint density at radius 3 is 2.06 bits per heavy atom. The third kappa shape index (κ3) is 5.91. The largest absolute Gasteiger partial charge is 2.00 e. The third-order valence-corrected chi connectivity index (χ3v) is 5.22. The molecule has 4 rings (SSSR count). The molecule has 33 heavy (non-hydrogen) atoms. The van der Waals surface area contributed by atoms with E-state index in [0.717, 1.165) is 23.0 Å². The molecule has 2 aliphatic carbocycles. The SMILES string of the molecule is CC1(C)C(=N)N(c2ccc(C#N)c(C(F)(F)F)c2)C(=O)N1C[C]1[CH][CH][CH][CH]1.[CH]1[CH][CH][CH][CH]1.[Fe+2]. The fourth-order valence-electron chi connectivity index (χ4n) is 3.39. The maximum Gasteiger partial charge on any atom is 2.00 e. The summed E-state index contributed by atoms with van der Waals surface area (Å²) >= 11 is 0. The fourth-order valence-corrected chi connectivity index (χ4v) is 3.39. The van der Waals surface area contributed by atoms with E-state index >= 15 is 0 Å². The van der Waals surface area contributed by atoms with E-state index in [1.54, 1.807) is 13.8 Å². The Morgan fingerprint density at radius 2 is 1.58 bits per heavy atom. The van der Waals surface area contributed by atoms with Gasteiger partial charge in [-0.05, 0) is 89.8 Å². The van der Waals surface area contributed by atoms with Crippen LogP contribution in [0.3, 0.4) is 0 Å². The van der Waals surface area contributed by atoms with Gasteiger partial charge in [0, 0.05) is 12.5 Å². The molecule has 3 aliphatic rings. The average Bonchev–Trinajstić information content (AvgIpc) is 3.49. The number of hydrogen-bond acceptors (Lipinski definition) is 3. The van der Waals surface area contributed by atoms with Crippen LogP contribution >= 0.6 is 0 Å². The van der Waals surface area contributed by atoms with Crippen LogP contribution in [0.1, 0.15) is 25.0 Å². The molecular weight excluding hydrogens is 473 g/mol. The van der Waals surface area contributed by atoms with E-state index in [-0.39, 0.29) is 35.1 Å². The zero-order chi connectivity index (χ0) is 23.5. The molecule has 2 amide bonds. The van der Waals surface area contributed by atoms with Crippen molar-refractivity contribution in [3.63, 3.8) is 0 Å². The summed E-state index contributed by atoms with van der Waals surface area (Å²) in [6.07, 6.45) is 12.6. The second-order valence-electron chi connectivity index (χ2n) is 7.71. The molecule has 1 aromatic rings. The maximum atomic E-state index is 13.3. The van der Waals surface area contributed by atoms with Crippen LogP contribution in [0.5, 0.6) is 0 Å². The number of amides is 2. The monoisotopic (exact) mass is 494 g/mol. The first-order valence-corrected chi connectivity index (χ1v) is 9.76. The van der Waals surface area contributed by atoms with E-state index in [0.29, 0.717) is 0 Å². The summed E-state index contributed by atoms with van der Waals surface area (Å²) in [6.45, 7) is 3.58. The van der Waals surface area contributed by atoms with Crippen molar-refractivity contribution in [2.45, 2.75) is 25.6 Å². The number of hydrogen-bond donors (Lipinski definition) is 1. The minimum absolute atomic E-state index is 0. The number of urea groups is 1. The van der Waals surface area contributed by atoms with Gasteiger partial charge in [0.25, 0.3) is 0 Å². The molecule has 0 atom stereocenters. The van der Waals surface area contributed by atoms with Crippen molar-refractivity contribution in [1.82, 2.24) is 4.90 Å². The molecule has 0 bridgehead atoms. The number of anilines is 1. The van der Waals surface area contributed by atoms with E-state index in [1.165, 1.54) is 17.0 Å². The van der Waals surface area contributed by atoms with Crippen molar-refractivity contribution >= 4 is 17.6 Å². The van der Waals surface area contributed by atoms with Gasteiger partial charge in [-0.15, -0.1) is 0 Å². The Labute approximate surface area is 204 Å². The van der Waals surface area contributed by atoms with Gasteiger partial charge in [-0.2, -0.15) is 18.4 Å². The zero-order valence-corrected chi connectivity index (χ0v) is 19.0. The molecular formula is C24H21F3FeN4O+2. The fraction of sp³-hybridized carbons (Fsp3) is 0.208. The van der Waals surface area contributed by atoms with Crippen LogP contribution < -0.4 is 4.90 Å². The number of carbonyl (C=O) groups excluding carboxylic acids is 1. The van der Waals surface area contributed by atoms with Crippen LogP contribution in [0.2, 0.25) is 0 Å². The standard InChI is InChI=1S/C19H16F3N4O.C5H5.Fe/c1-18(2)16(24)26(17(27)25(18)11-12-5-3-4-6-12)14-8-7-13(10-23)15(9-14)19(20,21)22;1-2-4-5-3-1;/h3-9,24H,11H2,1-2H3;1-5H;/q;;+2. The Kier molecular flexibility index (Phi) is 9.01. The number of alkyl halides is 3. The van der Waals surface area contributed by atoms with E-state index in [9.17, 15) is 18.0 Å². The van der Waals surface area contributed by atoms with Gasteiger partial charge in [0.1, 0.15) is 5.84 Å². The van der Waals surface area contributed by atoms with Crippen LogP contribution in [-0.2, 0) is 23.2 Å². The summed E-state index contributed by atoms with van der Waals surface area (Å²) < 4.78 is 39.8. The van der Waals surface area contributed by atoms with Crippen molar-refractivity contribution in [3.8, 4) is 6.07 Å². The molecule has 170 valence electrons. The second kappa shape index (κ2) is 10.9. The molecule has 1 N–H and O–H groups in total. The molecule has 5 nitrogen and oxygen atoms in total. The predicted molar refractivity (Wildman–Crippen MR) is 114 cm³/mol. The van der Waals surface area contributed by atoms with Gasteiger partial charge in [-0.3, -0.25) is 5.41 Å². The number of benzene rings is 1. The quantitative estimate of drug-likeness (QED) is 0.601. The van der Waals surface area contributed by atoms with Crippen LogP contribution in [0.25, 0.3) is 0 Å². The van der Waals surface area contributed by atoms with E-state index in [4.69, 9.17) is 10.7 Å². The van der Waals surface area contributed by atoms with Crippen LogP contribution in [0.15, 0.2) is 18.2 Å². The summed E-state index contributed by atoms with van der Waals surface area (Å²) in [6, 6.07) is 3.94. The van der Waals surface area contributed by atoms with Gasteiger partial charge >= 0.3 is 29.3 Å². The summed E-state index contributed by atoms with van der Waals surface area (Å²) in [4.78, 5) is 15.3. The van der Waals surface area contributed by atoms with Crippen molar-refractivity contribution in [3.05, 3.63) is 93.0 Å². The van der Waals surface area contributed by atoms with Crippen molar-refractivity contribution in [1.29, 1.82) is 10.7 Å². The predicted octanol–water partition coefficient (Wildman–Crippen LogP) is 5.00. The number of rotatable bonds is 3. The molecule has 1 aromatic carbocycles. The van der Waals surface area contributed by atoms with Crippen molar-refractivity contribution in [2.75, 3.05) is 11.4 Å². The molecule has 0 spiro atoms. The summed E-state index contributed by atoms with van der Waals surface area (Å²) in [5, 5.41) is 17.3. The van der Waals surface area contributed by atoms with Gasteiger partial charge < -0.3 is 4.90 Å². The van der Waals surface area contributed by atoms with Gasteiger partial charge in [0.15, 0.2) is 0 Å². The Balaban J connectivity index is 0.000000568. The molecule has 0 aromatic heterocycles. The van der Waals surface area contributed by atoms with Crippen LogP contribution in [0.4, 0.5) is 23.7 Å². The van der Waals surface area contributed by atoms with E-state index < -0.39 is 28.9 Å². The number of carbonyl (C=O) groups is 1. The number of nitriles is 1. The molecule has 10 radical (unpaired) electrons. The Bertz CT molecular complexity index is 892. The molecule has 9 heteroatoms. The van der Waals surface area contributed by atoms with Crippen LogP contribution in [-0.4, -0.2) is 28.9 Å². The first kappa shape index (κ1) is 27.2. The van der Waals surface area contributed by atoms with Gasteiger partial charge in [-0.1, -0.05) is 0 Å². The molecule has 2 saturated carbocycles. The van der Waals surface area contributed by atoms with Gasteiger partial charge in [-0.25, -0.2) is 9.69 Å². The van der Waals surface area contributed by atoms with Crippen LogP contribution in [0, 0.1) is 80.4 Å². The second-order valence-corrected chi connectivity index (χ2v) is 7.71. The molecule has 1 aliphatic heterocycles. The molecule has 3 fully saturated rings. The summed E-state index contributed by atoms with van der Waals surface area (Å²) in [5.74, 6) is 0.735. The van der Waals surface area contributed by atoms with E-state index in [2.05, 4.69) is 0 Å². The topological polar surface area (TPSA) is 71.2 Å². The number of amidine groups is 1. The maximum absolute atomic E-state index is 13.3. The van der Waals surface area contributed by atoms with Crippen molar-refractivity contribution in [2.24, 2.45) is 0 Å². The molecule has 1 heterocycles. The van der Waals surface area contributed by atoms with Gasteiger partial charge in [0.2, 0.25) is 0 Å². The smallest absolute Gasteiger partial charge is 0.311 e. The average molecular weight is 494 g/mol. The molecule has 0 unspecified atom stereocenters.